The monoisotopic (exact) mass is 123 g/mol. The van der Waals surface area contributed by atoms with Crippen molar-refractivity contribution in [1.82, 2.24) is 5.32 Å². The van der Waals surface area contributed by atoms with E-state index >= 15 is 0 Å². The van der Waals surface area contributed by atoms with Gasteiger partial charge in [0.1, 0.15) is 0 Å². The highest BCUT2D eigenvalue weighted by molar-refractivity contribution is 5.21. The average Bonchev–Trinajstić information content (AvgIpc) is 1.77. The molecule has 1 heterocycles. The Labute approximate surface area is 56.5 Å². The number of dihydropyridines is 1. The lowest BCUT2D eigenvalue weighted by Crippen LogP contribution is -2.16. The predicted octanol–water partition coefficient (Wildman–Crippen LogP) is 2.03. The molecular weight excluding hydrogens is 110 g/mol. The minimum Gasteiger partial charge on any atom is -0.368 e. The minimum absolute atomic E-state index is 0.255. The predicted molar refractivity (Wildman–Crippen MR) is 39.8 cm³/mol. The van der Waals surface area contributed by atoms with Crippen LogP contribution in [0.25, 0.3) is 0 Å². The van der Waals surface area contributed by atoms with Crippen molar-refractivity contribution in [2.24, 2.45) is 5.41 Å². The Bertz CT molecular complexity index is 163. The molecule has 0 fully saturated rings. The highest BCUT2D eigenvalue weighted by Crippen LogP contribution is 2.28. The van der Waals surface area contributed by atoms with Gasteiger partial charge in [0.25, 0.3) is 0 Å². The first-order chi connectivity index (χ1) is 4.13. The van der Waals surface area contributed by atoms with Crippen LogP contribution in [0.3, 0.4) is 0 Å². The molecule has 0 saturated heterocycles. The van der Waals surface area contributed by atoms with Crippen molar-refractivity contribution in [3.63, 3.8) is 0 Å². The molecule has 0 bridgehead atoms. The van der Waals surface area contributed by atoms with E-state index in [0.717, 1.165) is 0 Å². The molecule has 0 unspecified atom stereocenters. The van der Waals surface area contributed by atoms with Gasteiger partial charge >= 0.3 is 0 Å². The van der Waals surface area contributed by atoms with E-state index in [9.17, 15) is 0 Å². The van der Waals surface area contributed by atoms with E-state index in [1.807, 2.05) is 12.4 Å². The van der Waals surface area contributed by atoms with Gasteiger partial charge in [-0.15, -0.1) is 0 Å². The van der Waals surface area contributed by atoms with Crippen LogP contribution in [0.2, 0.25) is 0 Å². The highest BCUT2D eigenvalue weighted by atomic mass is 14.8. The molecular formula is C8H13N. The average molecular weight is 123 g/mol. The summed E-state index contributed by atoms with van der Waals surface area (Å²) in [6.07, 6.45) is 6.19. The van der Waals surface area contributed by atoms with Crippen LogP contribution in [0.15, 0.2) is 24.0 Å². The quantitative estimate of drug-likeness (QED) is 0.519. The van der Waals surface area contributed by atoms with E-state index in [4.69, 9.17) is 0 Å². The zero-order chi connectivity index (χ0) is 6.91. The summed E-state index contributed by atoms with van der Waals surface area (Å²) in [6.45, 7) is 6.54. The van der Waals surface area contributed by atoms with Gasteiger partial charge in [-0.05, 0) is 18.7 Å². The Morgan fingerprint density at radius 1 is 1.44 bits per heavy atom. The third-order valence-corrected chi connectivity index (χ3v) is 1.91. The van der Waals surface area contributed by atoms with E-state index in [2.05, 4.69) is 32.2 Å². The third-order valence-electron chi connectivity index (χ3n) is 1.91. The summed E-state index contributed by atoms with van der Waals surface area (Å²) in [4.78, 5) is 0. The lowest BCUT2D eigenvalue weighted by Gasteiger charge is -2.24. The van der Waals surface area contributed by atoms with E-state index in [1.165, 1.54) is 5.57 Å². The number of rotatable bonds is 0. The SMILES string of the molecule is CC1=CNC=CC1(C)C. The third kappa shape index (κ3) is 1.15. The van der Waals surface area contributed by atoms with Crippen molar-refractivity contribution in [3.8, 4) is 0 Å². The largest absolute Gasteiger partial charge is 0.368 e. The van der Waals surface area contributed by atoms with Gasteiger partial charge in [0, 0.05) is 11.6 Å². The topological polar surface area (TPSA) is 12.0 Å². The zero-order valence-corrected chi connectivity index (χ0v) is 6.23. The molecule has 1 N–H and O–H groups in total. The van der Waals surface area contributed by atoms with Crippen LogP contribution < -0.4 is 5.32 Å². The minimum atomic E-state index is 0.255. The van der Waals surface area contributed by atoms with Crippen LogP contribution in [-0.2, 0) is 0 Å². The molecule has 0 aromatic rings. The van der Waals surface area contributed by atoms with Gasteiger partial charge in [-0.25, -0.2) is 0 Å². The molecule has 0 aromatic heterocycles. The molecule has 50 valence electrons. The van der Waals surface area contributed by atoms with Gasteiger partial charge in [0.2, 0.25) is 0 Å². The molecule has 1 rings (SSSR count). The summed E-state index contributed by atoms with van der Waals surface area (Å²) < 4.78 is 0. The smallest absolute Gasteiger partial charge is 0.00661 e. The van der Waals surface area contributed by atoms with Crippen LogP contribution in [-0.4, -0.2) is 0 Å². The summed E-state index contributed by atoms with van der Waals surface area (Å²) in [6, 6.07) is 0. The molecule has 0 atom stereocenters. The molecule has 1 aliphatic rings. The maximum absolute atomic E-state index is 3.05. The summed E-state index contributed by atoms with van der Waals surface area (Å²) in [5.74, 6) is 0. The summed E-state index contributed by atoms with van der Waals surface area (Å²) >= 11 is 0. The Balaban J connectivity index is 2.83. The first-order valence-electron chi connectivity index (χ1n) is 3.24. The number of hydrogen-bond donors (Lipinski definition) is 1. The molecule has 0 aromatic carbocycles. The maximum atomic E-state index is 3.05. The Morgan fingerprint density at radius 2 is 2.11 bits per heavy atom. The summed E-state index contributed by atoms with van der Waals surface area (Å²) in [7, 11) is 0. The maximum Gasteiger partial charge on any atom is 0.00661 e. The van der Waals surface area contributed by atoms with Crippen molar-refractivity contribution in [2.75, 3.05) is 0 Å². The molecule has 9 heavy (non-hydrogen) atoms. The lowest BCUT2D eigenvalue weighted by atomic mass is 9.85. The second-order valence-electron chi connectivity index (χ2n) is 3.05. The van der Waals surface area contributed by atoms with Gasteiger partial charge < -0.3 is 5.32 Å². The first kappa shape index (κ1) is 6.40. The zero-order valence-electron chi connectivity index (χ0n) is 6.23. The van der Waals surface area contributed by atoms with Crippen molar-refractivity contribution in [2.45, 2.75) is 20.8 Å². The van der Waals surface area contributed by atoms with Crippen LogP contribution >= 0.6 is 0 Å². The fraction of sp³-hybridized carbons (Fsp3) is 0.500. The van der Waals surface area contributed by atoms with Gasteiger partial charge in [0.05, 0.1) is 0 Å². The Morgan fingerprint density at radius 3 is 2.44 bits per heavy atom. The van der Waals surface area contributed by atoms with Crippen LogP contribution in [0.1, 0.15) is 20.8 Å². The fourth-order valence-electron chi connectivity index (χ4n) is 0.747. The molecule has 0 spiro atoms. The van der Waals surface area contributed by atoms with Crippen molar-refractivity contribution in [1.29, 1.82) is 0 Å². The second kappa shape index (κ2) is 1.90. The van der Waals surface area contributed by atoms with Crippen LogP contribution in [0.4, 0.5) is 0 Å². The van der Waals surface area contributed by atoms with Crippen molar-refractivity contribution < 1.29 is 0 Å². The summed E-state index contributed by atoms with van der Waals surface area (Å²) in [5.41, 5.74) is 1.63. The number of allylic oxidation sites excluding steroid dienone is 2. The lowest BCUT2D eigenvalue weighted by molar-refractivity contribution is 0.562. The van der Waals surface area contributed by atoms with E-state index in [0.29, 0.717) is 0 Å². The Hall–Kier alpha value is -0.720. The first-order valence-corrected chi connectivity index (χ1v) is 3.24. The standard InChI is InChI=1S/C8H13N/c1-7-6-9-5-4-8(7,2)3/h4-6,9H,1-3H3. The fourth-order valence-corrected chi connectivity index (χ4v) is 0.747. The van der Waals surface area contributed by atoms with E-state index in [1.54, 1.807) is 0 Å². The molecule has 0 amide bonds. The second-order valence-corrected chi connectivity index (χ2v) is 3.05. The van der Waals surface area contributed by atoms with Crippen molar-refractivity contribution >= 4 is 0 Å². The van der Waals surface area contributed by atoms with E-state index < -0.39 is 0 Å². The van der Waals surface area contributed by atoms with Crippen molar-refractivity contribution in [3.05, 3.63) is 24.0 Å². The molecule has 1 heteroatoms. The van der Waals surface area contributed by atoms with Gasteiger partial charge in [-0.1, -0.05) is 19.9 Å². The molecule has 1 nitrogen and oxygen atoms in total. The molecule has 0 saturated carbocycles. The van der Waals surface area contributed by atoms with E-state index in [-0.39, 0.29) is 5.41 Å². The summed E-state index contributed by atoms with van der Waals surface area (Å²) in [5, 5.41) is 3.05. The highest BCUT2D eigenvalue weighted by Gasteiger charge is 2.17. The molecule has 0 aliphatic carbocycles. The van der Waals surface area contributed by atoms with Gasteiger partial charge in [-0.3, -0.25) is 0 Å². The molecule has 1 aliphatic heterocycles. The van der Waals surface area contributed by atoms with Crippen LogP contribution in [0.5, 0.6) is 0 Å². The normalized spacial score (nSPS) is 22.8. The van der Waals surface area contributed by atoms with Gasteiger partial charge in [-0.2, -0.15) is 0 Å². The van der Waals surface area contributed by atoms with Gasteiger partial charge in [0.15, 0.2) is 0 Å². The van der Waals surface area contributed by atoms with Crippen LogP contribution in [0, 0.1) is 5.41 Å². The number of hydrogen-bond acceptors (Lipinski definition) is 1. The number of nitrogens with one attached hydrogen (secondary N) is 1. The molecule has 0 radical (unpaired) electrons. The Kier molecular flexibility index (Phi) is 1.35.